The van der Waals surface area contributed by atoms with E-state index >= 15 is 0 Å². The van der Waals surface area contributed by atoms with Crippen LogP contribution in [0.15, 0.2) is 0 Å². The van der Waals surface area contributed by atoms with Crippen LogP contribution in [0, 0.1) is 16.2 Å². The number of carbonyl (C=O) groups is 1. The Morgan fingerprint density at radius 3 is 1.58 bits per heavy atom. The SMILES string of the molecule is CC1(OC(=O)C(C)(C(C)(C)C)C(C)(C)C)CCCC1. The highest BCUT2D eigenvalue weighted by Gasteiger charge is 2.55. The zero-order valence-electron chi connectivity index (χ0n) is 14.1. The minimum absolute atomic E-state index is 0.0306. The molecule has 1 aliphatic carbocycles. The molecule has 0 aromatic rings. The lowest BCUT2D eigenvalue weighted by Crippen LogP contribution is -2.52. The third kappa shape index (κ3) is 2.98. The maximum absolute atomic E-state index is 12.9. The van der Waals surface area contributed by atoms with Crippen molar-refractivity contribution in [3.05, 3.63) is 0 Å². The second kappa shape index (κ2) is 4.79. The average molecular weight is 268 g/mol. The van der Waals surface area contributed by atoms with Crippen LogP contribution in [0.5, 0.6) is 0 Å². The molecular weight excluding hydrogens is 236 g/mol. The molecule has 0 spiro atoms. The molecule has 0 radical (unpaired) electrons. The second-order valence-electron chi connectivity index (χ2n) is 8.67. The molecule has 0 bridgehead atoms. The molecule has 19 heavy (non-hydrogen) atoms. The van der Waals surface area contributed by atoms with E-state index < -0.39 is 5.41 Å². The molecule has 0 aliphatic heterocycles. The molecule has 112 valence electrons. The zero-order chi connectivity index (χ0) is 15.1. The van der Waals surface area contributed by atoms with Gasteiger partial charge in [0.15, 0.2) is 0 Å². The molecule has 1 fully saturated rings. The van der Waals surface area contributed by atoms with Crippen molar-refractivity contribution in [1.82, 2.24) is 0 Å². The van der Waals surface area contributed by atoms with Gasteiger partial charge in [-0.2, -0.15) is 0 Å². The first-order valence-corrected chi connectivity index (χ1v) is 7.57. The van der Waals surface area contributed by atoms with Crippen molar-refractivity contribution in [2.45, 2.75) is 86.7 Å². The number of esters is 1. The Kier molecular flexibility index (Phi) is 4.16. The van der Waals surface area contributed by atoms with Crippen LogP contribution in [0.2, 0.25) is 0 Å². The Morgan fingerprint density at radius 2 is 1.26 bits per heavy atom. The molecule has 0 heterocycles. The predicted octanol–water partition coefficient (Wildman–Crippen LogP) is 4.96. The summed E-state index contributed by atoms with van der Waals surface area (Å²) >= 11 is 0. The Morgan fingerprint density at radius 1 is 0.895 bits per heavy atom. The van der Waals surface area contributed by atoms with Crippen LogP contribution in [0.1, 0.15) is 81.1 Å². The maximum atomic E-state index is 12.9. The predicted molar refractivity (Wildman–Crippen MR) is 80.0 cm³/mol. The number of ether oxygens (including phenoxy) is 1. The van der Waals surface area contributed by atoms with E-state index in [1.54, 1.807) is 0 Å². The number of rotatable bonds is 2. The van der Waals surface area contributed by atoms with E-state index in [0.29, 0.717) is 0 Å². The normalized spacial score (nSPS) is 20.4. The minimum atomic E-state index is -0.494. The molecule has 0 unspecified atom stereocenters. The van der Waals surface area contributed by atoms with Gasteiger partial charge >= 0.3 is 5.97 Å². The highest BCUT2D eigenvalue weighted by molar-refractivity contribution is 5.78. The van der Waals surface area contributed by atoms with Crippen molar-refractivity contribution < 1.29 is 9.53 Å². The molecule has 0 aromatic heterocycles. The Hall–Kier alpha value is -0.530. The van der Waals surface area contributed by atoms with Crippen LogP contribution in [-0.2, 0) is 9.53 Å². The highest BCUT2D eigenvalue weighted by atomic mass is 16.6. The summed E-state index contributed by atoms with van der Waals surface area (Å²) in [6.07, 6.45) is 4.35. The summed E-state index contributed by atoms with van der Waals surface area (Å²) in [5, 5.41) is 0. The Labute approximate surface area is 119 Å². The monoisotopic (exact) mass is 268 g/mol. The molecule has 0 N–H and O–H groups in total. The third-order valence-corrected chi connectivity index (χ3v) is 5.41. The van der Waals surface area contributed by atoms with Crippen LogP contribution in [0.25, 0.3) is 0 Å². The fourth-order valence-corrected chi connectivity index (χ4v) is 3.29. The largest absolute Gasteiger partial charge is 0.459 e. The molecule has 1 rings (SSSR count). The average Bonchev–Trinajstić information content (AvgIpc) is 2.59. The van der Waals surface area contributed by atoms with Crippen LogP contribution in [0.4, 0.5) is 0 Å². The van der Waals surface area contributed by atoms with Gasteiger partial charge < -0.3 is 4.74 Å². The third-order valence-electron chi connectivity index (χ3n) is 5.41. The summed E-state index contributed by atoms with van der Waals surface area (Å²) in [7, 11) is 0. The molecule has 1 aliphatic rings. The van der Waals surface area contributed by atoms with Crippen molar-refractivity contribution in [2.24, 2.45) is 16.2 Å². The summed E-state index contributed by atoms with van der Waals surface area (Å²) in [4.78, 5) is 12.9. The summed E-state index contributed by atoms with van der Waals surface area (Å²) in [6, 6.07) is 0. The first kappa shape index (κ1) is 16.5. The number of carbonyl (C=O) groups excluding carboxylic acids is 1. The lowest BCUT2D eigenvalue weighted by atomic mass is 9.55. The van der Waals surface area contributed by atoms with Crippen LogP contribution in [0.3, 0.4) is 0 Å². The van der Waals surface area contributed by atoms with E-state index in [-0.39, 0.29) is 22.4 Å². The van der Waals surface area contributed by atoms with Crippen molar-refractivity contribution in [2.75, 3.05) is 0 Å². The Bertz CT molecular complexity index is 321. The smallest absolute Gasteiger partial charge is 0.313 e. The van der Waals surface area contributed by atoms with Gasteiger partial charge in [-0.1, -0.05) is 41.5 Å². The summed E-state index contributed by atoms with van der Waals surface area (Å²) in [6.45, 7) is 17.0. The van der Waals surface area contributed by atoms with Gasteiger partial charge in [0.2, 0.25) is 0 Å². The van der Waals surface area contributed by atoms with Gasteiger partial charge in [-0.3, -0.25) is 4.79 Å². The van der Waals surface area contributed by atoms with Crippen LogP contribution >= 0.6 is 0 Å². The van der Waals surface area contributed by atoms with Gasteiger partial charge in [0.1, 0.15) is 5.60 Å². The molecule has 1 saturated carbocycles. The number of hydrogen-bond donors (Lipinski definition) is 0. The first-order valence-electron chi connectivity index (χ1n) is 7.57. The summed E-state index contributed by atoms with van der Waals surface area (Å²) in [5.41, 5.74) is -0.991. The van der Waals surface area contributed by atoms with E-state index in [4.69, 9.17) is 4.74 Å². The summed E-state index contributed by atoms with van der Waals surface area (Å²) < 4.78 is 5.98. The first-order chi connectivity index (χ1) is 8.33. The fourth-order valence-electron chi connectivity index (χ4n) is 3.29. The Balaban J connectivity index is 3.04. The van der Waals surface area contributed by atoms with Crippen molar-refractivity contribution in [3.8, 4) is 0 Å². The van der Waals surface area contributed by atoms with E-state index in [9.17, 15) is 4.79 Å². The maximum Gasteiger partial charge on any atom is 0.313 e. The molecule has 2 nitrogen and oxygen atoms in total. The van der Waals surface area contributed by atoms with Crippen molar-refractivity contribution >= 4 is 5.97 Å². The van der Waals surface area contributed by atoms with Gasteiger partial charge in [-0.15, -0.1) is 0 Å². The molecule has 2 heteroatoms. The van der Waals surface area contributed by atoms with Gasteiger partial charge in [0.05, 0.1) is 5.41 Å². The molecule has 0 aromatic carbocycles. The second-order valence-corrected chi connectivity index (χ2v) is 8.67. The van der Waals surface area contributed by atoms with Crippen molar-refractivity contribution in [1.29, 1.82) is 0 Å². The van der Waals surface area contributed by atoms with Crippen LogP contribution < -0.4 is 0 Å². The van der Waals surface area contributed by atoms with Gasteiger partial charge in [-0.25, -0.2) is 0 Å². The lowest BCUT2D eigenvalue weighted by molar-refractivity contribution is -0.186. The van der Waals surface area contributed by atoms with E-state index in [1.165, 1.54) is 12.8 Å². The van der Waals surface area contributed by atoms with Crippen molar-refractivity contribution in [3.63, 3.8) is 0 Å². The minimum Gasteiger partial charge on any atom is -0.459 e. The standard InChI is InChI=1S/C17H32O2/c1-14(2,3)17(8,15(4,5)6)13(18)19-16(7)11-9-10-12-16/h9-12H2,1-8H3. The zero-order valence-corrected chi connectivity index (χ0v) is 14.1. The molecule has 0 atom stereocenters. The summed E-state index contributed by atoms with van der Waals surface area (Å²) in [5.74, 6) is -0.0306. The van der Waals surface area contributed by atoms with Gasteiger partial charge in [0, 0.05) is 0 Å². The lowest BCUT2D eigenvalue weighted by Gasteiger charge is -2.50. The molecule has 0 amide bonds. The molecule has 0 saturated heterocycles. The highest BCUT2D eigenvalue weighted by Crippen LogP contribution is 2.53. The molecular formula is C17H32O2. The van der Waals surface area contributed by atoms with E-state index in [2.05, 4.69) is 55.4 Å². The van der Waals surface area contributed by atoms with E-state index in [1.807, 2.05) is 0 Å². The van der Waals surface area contributed by atoms with Gasteiger partial charge in [-0.05, 0) is 50.4 Å². The quantitative estimate of drug-likeness (QED) is 0.662. The van der Waals surface area contributed by atoms with Gasteiger partial charge in [0.25, 0.3) is 0 Å². The fraction of sp³-hybridized carbons (Fsp3) is 0.941. The van der Waals surface area contributed by atoms with Crippen LogP contribution in [-0.4, -0.2) is 11.6 Å². The van der Waals surface area contributed by atoms with E-state index in [0.717, 1.165) is 12.8 Å². The number of hydrogen-bond acceptors (Lipinski definition) is 2. The topological polar surface area (TPSA) is 26.3 Å².